The zero-order valence-electron chi connectivity index (χ0n) is 11.4. The van der Waals surface area contributed by atoms with Crippen molar-refractivity contribution in [3.63, 3.8) is 0 Å². The maximum atomic E-state index is 11.7. The topological polar surface area (TPSA) is 81.5 Å². The van der Waals surface area contributed by atoms with Crippen molar-refractivity contribution < 1.29 is 14.5 Å². The van der Waals surface area contributed by atoms with Crippen LogP contribution in [0.3, 0.4) is 0 Å². The van der Waals surface area contributed by atoms with E-state index in [0.717, 1.165) is 12.8 Å². The highest BCUT2D eigenvalue weighted by molar-refractivity contribution is 5.98. The minimum absolute atomic E-state index is 0.0918. The van der Waals surface area contributed by atoms with Crippen LogP contribution in [0, 0.1) is 16.0 Å². The quantitative estimate of drug-likeness (QED) is 0.508. The summed E-state index contributed by atoms with van der Waals surface area (Å²) >= 11 is 0. The maximum Gasteiger partial charge on any atom is 0.340 e. The van der Waals surface area contributed by atoms with Gasteiger partial charge in [0.1, 0.15) is 5.69 Å². The zero-order valence-corrected chi connectivity index (χ0v) is 11.4. The molecule has 1 N–H and O–H groups in total. The molecule has 108 valence electrons. The van der Waals surface area contributed by atoms with Crippen LogP contribution in [0.1, 0.15) is 36.0 Å². The molecule has 6 nitrogen and oxygen atoms in total. The van der Waals surface area contributed by atoms with Crippen molar-refractivity contribution in [3.05, 3.63) is 33.9 Å². The van der Waals surface area contributed by atoms with Crippen molar-refractivity contribution in [2.45, 2.75) is 25.7 Å². The van der Waals surface area contributed by atoms with Gasteiger partial charge in [0.05, 0.1) is 17.6 Å². The van der Waals surface area contributed by atoms with Crippen molar-refractivity contribution in [2.24, 2.45) is 5.92 Å². The summed E-state index contributed by atoms with van der Waals surface area (Å²) < 4.78 is 4.68. The highest BCUT2D eigenvalue weighted by Gasteiger charge is 2.23. The molecule has 0 bridgehead atoms. The van der Waals surface area contributed by atoms with E-state index in [1.807, 2.05) is 0 Å². The molecule has 0 heterocycles. The molecule has 1 aromatic carbocycles. The van der Waals surface area contributed by atoms with Gasteiger partial charge in [-0.3, -0.25) is 10.1 Å². The molecule has 0 aliphatic heterocycles. The van der Waals surface area contributed by atoms with Crippen LogP contribution < -0.4 is 5.32 Å². The monoisotopic (exact) mass is 278 g/mol. The van der Waals surface area contributed by atoms with Gasteiger partial charge in [0.2, 0.25) is 0 Å². The van der Waals surface area contributed by atoms with Gasteiger partial charge in [-0.05, 0) is 24.8 Å². The number of carbonyl (C=O) groups is 1. The average molecular weight is 278 g/mol. The van der Waals surface area contributed by atoms with E-state index in [9.17, 15) is 14.9 Å². The van der Waals surface area contributed by atoms with Crippen LogP contribution in [0.25, 0.3) is 0 Å². The maximum absolute atomic E-state index is 11.7. The van der Waals surface area contributed by atoms with Gasteiger partial charge in [-0.15, -0.1) is 0 Å². The van der Waals surface area contributed by atoms with Gasteiger partial charge >= 0.3 is 5.97 Å². The van der Waals surface area contributed by atoms with E-state index < -0.39 is 10.9 Å². The molecular weight excluding hydrogens is 260 g/mol. The summed E-state index contributed by atoms with van der Waals surface area (Å²) in [7, 11) is 1.27. The van der Waals surface area contributed by atoms with Gasteiger partial charge in [-0.25, -0.2) is 4.79 Å². The molecule has 0 spiro atoms. The fraction of sp³-hybridized carbons (Fsp3) is 0.500. The summed E-state index contributed by atoms with van der Waals surface area (Å²) in [6.07, 6.45) is 4.66. The Hall–Kier alpha value is -2.11. The molecule has 20 heavy (non-hydrogen) atoms. The SMILES string of the molecule is COC(=O)c1cccc([N+](=O)[O-])c1NCC1CCCC1. The molecule has 2 rings (SSSR count). The second kappa shape index (κ2) is 6.36. The second-order valence-electron chi connectivity index (χ2n) is 4.98. The molecule has 0 unspecified atom stereocenters. The first kappa shape index (κ1) is 14.3. The normalized spacial score (nSPS) is 15.1. The third-order valence-corrected chi connectivity index (χ3v) is 3.69. The van der Waals surface area contributed by atoms with Crippen LogP contribution in [0.2, 0.25) is 0 Å². The van der Waals surface area contributed by atoms with Gasteiger partial charge < -0.3 is 10.1 Å². The third kappa shape index (κ3) is 3.07. The van der Waals surface area contributed by atoms with Gasteiger partial charge in [-0.1, -0.05) is 18.9 Å². The molecule has 1 aromatic rings. The van der Waals surface area contributed by atoms with Crippen molar-refractivity contribution in [3.8, 4) is 0 Å². The number of hydrogen-bond donors (Lipinski definition) is 1. The molecule has 6 heteroatoms. The highest BCUT2D eigenvalue weighted by atomic mass is 16.6. The largest absolute Gasteiger partial charge is 0.465 e. The lowest BCUT2D eigenvalue weighted by atomic mass is 10.1. The number of esters is 1. The number of carbonyl (C=O) groups excluding carboxylic acids is 1. The lowest BCUT2D eigenvalue weighted by Gasteiger charge is -2.14. The number of hydrogen-bond acceptors (Lipinski definition) is 5. The number of para-hydroxylation sites is 1. The van der Waals surface area contributed by atoms with Crippen molar-refractivity contribution in [2.75, 3.05) is 19.0 Å². The first-order valence-electron chi connectivity index (χ1n) is 6.73. The van der Waals surface area contributed by atoms with E-state index in [2.05, 4.69) is 10.1 Å². The predicted octanol–water partition coefficient (Wildman–Crippen LogP) is 2.98. The molecular formula is C14H18N2O4. The molecule has 1 aliphatic rings. The zero-order chi connectivity index (χ0) is 14.5. The molecule has 0 radical (unpaired) electrons. The van der Waals surface area contributed by atoms with Gasteiger partial charge in [0, 0.05) is 12.6 Å². The van der Waals surface area contributed by atoms with E-state index in [1.165, 1.54) is 38.2 Å². The van der Waals surface area contributed by atoms with Crippen LogP contribution in [0.4, 0.5) is 11.4 Å². The number of nitrogens with one attached hydrogen (secondary N) is 1. The van der Waals surface area contributed by atoms with E-state index in [4.69, 9.17) is 0 Å². The lowest BCUT2D eigenvalue weighted by Crippen LogP contribution is -2.15. The lowest BCUT2D eigenvalue weighted by molar-refractivity contribution is -0.384. The van der Waals surface area contributed by atoms with Crippen molar-refractivity contribution >= 4 is 17.3 Å². The van der Waals surface area contributed by atoms with Crippen molar-refractivity contribution in [1.82, 2.24) is 0 Å². The number of anilines is 1. The van der Waals surface area contributed by atoms with Crippen LogP contribution in [-0.2, 0) is 4.74 Å². The Bertz CT molecular complexity index is 510. The first-order chi connectivity index (χ1) is 9.63. The van der Waals surface area contributed by atoms with E-state index >= 15 is 0 Å². The number of ether oxygens (including phenoxy) is 1. The van der Waals surface area contributed by atoms with Gasteiger partial charge in [-0.2, -0.15) is 0 Å². The summed E-state index contributed by atoms with van der Waals surface area (Å²) in [5, 5.41) is 14.2. The minimum Gasteiger partial charge on any atom is -0.465 e. The third-order valence-electron chi connectivity index (χ3n) is 3.69. The van der Waals surface area contributed by atoms with Gasteiger partial charge in [0.15, 0.2) is 0 Å². The standard InChI is InChI=1S/C14H18N2O4/c1-20-14(17)11-7-4-8-12(16(18)19)13(11)15-9-10-5-2-3-6-10/h4,7-8,10,15H,2-3,5-6,9H2,1H3. The Morgan fingerprint density at radius 2 is 2.15 bits per heavy atom. The fourth-order valence-electron chi connectivity index (χ4n) is 2.62. The Balaban J connectivity index is 2.25. The number of nitro groups is 1. The van der Waals surface area contributed by atoms with E-state index in [-0.39, 0.29) is 16.9 Å². The molecule has 0 saturated heterocycles. The van der Waals surface area contributed by atoms with Crippen LogP contribution in [0.15, 0.2) is 18.2 Å². The van der Waals surface area contributed by atoms with E-state index in [1.54, 1.807) is 0 Å². The smallest absolute Gasteiger partial charge is 0.340 e. The number of benzene rings is 1. The van der Waals surface area contributed by atoms with Gasteiger partial charge in [0.25, 0.3) is 5.69 Å². The number of nitro benzene ring substituents is 1. The fourth-order valence-corrected chi connectivity index (χ4v) is 2.62. The molecule has 0 aromatic heterocycles. The molecule has 1 saturated carbocycles. The van der Waals surface area contributed by atoms with Crippen LogP contribution in [0.5, 0.6) is 0 Å². The summed E-state index contributed by atoms with van der Waals surface area (Å²) in [4.78, 5) is 22.3. The average Bonchev–Trinajstić information content (AvgIpc) is 2.97. The minimum atomic E-state index is -0.567. The van der Waals surface area contributed by atoms with E-state index in [0.29, 0.717) is 12.5 Å². The Kier molecular flexibility index (Phi) is 4.55. The Labute approximate surface area is 117 Å². The number of rotatable bonds is 5. The first-order valence-corrected chi connectivity index (χ1v) is 6.73. The molecule has 1 fully saturated rings. The summed E-state index contributed by atoms with van der Waals surface area (Å²) in [6.45, 7) is 0.648. The molecule has 0 atom stereocenters. The van der Waals surface area contributed by atoms with Crippen LogP contribution in [-0.4, -0.2) is 24.5 Å². The van der Waals surface area contributed by atoms with Crippen molar-refractivity contribution in [1.29, 1.82) is 0 Å². The predicted molar refractivity (Wildman–Crippen MR) is 74.9 cm³/mol. The second-order valence-corrected chi connectivity index (χ2v) is 4.98. The summed E-state index contributed by atoms with van der Waals surface area (Å²) in [5.74, 6) is -0.0528. The summed E-state index contributed by atoms with van der Waals surface area (Å²) in [6, 6.07) is 4.42. The number of methoxy groups -OCH3 is 1. The summed E-state index contributed by atoms with van der Waals surface area (Å²) in [5.41, 5.74) is 0.377. The molecule has 1 aliphatic carbocycles. The highest BCUT2D eigenvalue weighted by Crippen LogP contribution is 2.31. The number of nitrogens with zero attached hydrogens (tertiary/aromatic N) is 1. The molecule has 0 amide bonds. The van der Waals surface area contributed by atoms with Crippen LogP contribution >= 0.6 is 0 Å². The Morgan fingerprint density at radius 1 is 1.45 bits per heavy atom. The Morgan fingerprint density at radius 3 is 2.75 bits per heavy atom.